The predicted molar refractivity (Wildman–Crippen MR) is 114 cm³/mol. The van der Waals surface area contributed by atoms with Crippen LogP contribution in [0.3, 0.4) is 0 Å². The smallest absolute Gasteiger partial charge is 0.386 e. The molecule has 0 radical (unpaired) electrons. The van der Waals surface area contributed by atoms with Gasteiger partial charge in [0.05, 0.1) is 27.5 Å². The van der Waals surface area contributed by atoms with Crippen LogP contribution in [0.5, 0.6) is 0 Å². The van der Waals surface area contributed by atoms with Gasteiger partial charge in [-0.05, 0) is 47.0 Å². The zero-order valence-corrected chi connectivity index (χ0v) is 18.0. The molecule has 4 aliphatic heterocycles. The van der Waals surface area contributed by atoms with E-state index in [1.807, 2.05) is 0 Å². The van der Waals surface area contributed by atoms with Gasteiger partial charge in [-0.2, -0.15) is 13.2 Å². The van der Waals surface area contributed by atoms with Crippen molar-refractivity contribution < 1.29 is 40.7 Å². The highest BCUT2D eigenvalue weighted by atomic mass is 19.4. The van der Waals surface area contributed by atoms with Crippen LogP contribution in [-0.4, -0.2) is 32.0 Å². The minimum absolute atomic E-state index is 0.0565. The molecule has 0 saturated heterocycles. The second-order valence-corrected chi connectivity index (χ2v) is 8.34. The lowest BCUT2D eigenvalue weighted by Crippen LogP contribution is -2.52. The quantitative estimate of drug-likeness (QED) is 0.240. The Balaban J connectivity index is 2.19. The molecule has 3 nitrogen and oxygen atoms in total. The Morgan fingerprint density at radius 3 is 1.51 bits per heavy atom. The molecule has 0 spiro atoms. The molecule has 0 N–H and O–H groups in total. The summed E-state index contributed by atoms with van der Waals surface area (Å²) >= 11 is 0. The predicted octanol–water partition coefficient (Wildman–Crippen LogP) is 6.25. The lowest BCUT2D eigenvalue weighted by atomic mass is 9.54. The second-order valence-electron chi connectivity index (χ2n) is 8.34. The molecule has 4 aliphatic rings. The summed E-state index contributed by atoms with van der Waals surface area (Å²) < 4.78 is 89.9. The average molecular weight is 492 g/mol. The van der Waals surface area contributed by atoms with Crippen molar-refractivity contribution in [2.24, 2.45) is 5.41 Å². The van der Waals surface area contributed by atoms with Gasteiger partial charge in [0.1, 0.15) is 20.0 Å². The van der Waals surface area contributed by atoms with Crippen molar-refractivity contribution in [1.29, 1.82) is 0 Å². The van der Waals surface area contributed by atoms with Gasteiger partial charge in [-0.15, -0.1) is 0 Å². The van der Waals surface area contributed by atoms with Crippen molar-refractivity contribution in [1.82, 2.24) is 0 Å². The largest absolute Gasteiger partial charge is 0.416 e. The van der Waals surface area contributed by atoms with E-state index in [1.54, 1.807) is 0 Å². The van der Waals surface area contributed by atoms with Crippen LogP contribution in [0.25, 0.3) is 0 Å². The molecule has 3 aromatic carbocycles. The first-order chi connectivity index (χ1) is 16.6. The highest BCUT2D eigenvalue weighted by molar-refractivity contribution is 6.02. The lowest BCUT2D eigenvalue weighted by molar-refractivity contribution is -0.137. The molecule has 4 heterocycles. The van der Waals surface area contributed by atoms with Crippen molar-refractivity contribution in [3.63, 3.8) is 0 Å². The first-order valence-corrected chi connectivity index (χ1v) is 10.5. The van der Waals surface area contributed by atoms with Crippen LogP contribution in [0.15, 0.2) is 72.8 Å². The fourth-order valence-corrected chi connectivity index (χ4v) is 4.67. The van der Waals surface area contributed by atoms with E-state index in [4.69, 9.17) is 4.74 Å². The Morgan fingerprint density at radius 1 is 0.657 bits per heavy atom. The van der Waals surface area contributed by atoms with Crippen LogP contribution in [0, 0.1) is 5.41 Å². The Hall–Kier alpha value is -3.62. The van der Waals surface area contributed by atoms with E-state index in [-0.39, 0.29) is 27.8 Å². The van der Waals surface area contributed by atoms with Gasteiger partial charge in [-0.3, -0.25) is 13.2 Å². The molecule has 0 atom stereocenters. The van der Waals surface area contributed by atoms with Gasteiger partial charge in [0.15, 0.2) is 0 Å². The molecule has 0 unspecified atom stereocenters. The number of hydrogen-bond acceptors (Lipinski definition) is 3. The lowest BCUT2D eigenvalue weighted by Gasteiger charge is -2.48. The fraction of sp³-hybridized carbons (Fsp3) is 0.231. The van der Waals surface area contributed by atoms with E-state index >= 15 is 0 Å². The maximum Gasteiger partial charge on any atom is 0.416 e. The van der Waals surface area contributed by atoms with Gasteiger partial charge in [0.25, 0.3) is 0 Å². The molecule has 0 amide bonds. The van der Waals surface area contributed by atoms with E-state index in [9.17, 15) is 35.9 Å². The molecular formula is C26H18F6O3. The highest BCUT2D eigenvalue weighted by Crippen LogP contribution is 2.54. The Bertz CT molecular complexity index is 1180. The van der Waals surface area contributed by atoms with Gasteiger partial charge in [0, 0.05) is 0 Å². The molecule has 4 bridgehead atoms. The highest BCUT2D eigenvalue weighted by Gasteiger charge is 2.56. The monoisotopic (exact) mass is 492 g/mol. The number of ether oxygens (including phenoxy) is 1. The zero-order chi connectivity index (χ0) is 25.4. The number of esters is 2. The normalized spacial score (nSPS) is 15.5. The summed E-state index contributed by atoms with van der Waals surface area (Å²) in [4.78, 5) is 24.7. The van der Waals surface area contributed by atoms with Crippen molar-refractivity contribution in [2.45, 2.75) is 11.6 Å². The average Bonchev–Trinajstić information content (AvgIpc) is 2.87. The third-order valence-electron chi connectivity index (χ3n) is 6.48. The van der Waals surface area contributed by atoms with Crippen molar-refractivity contribution >= 4 is 11.9 Å². The minimum Gasteiger partial charge on any atom is -0.386 e. The summed E-state index contributed by atoms with van der Waals surface area (Å²) in [5, 5.41) is 0. The van der Waals surface area contributed by atoms with E-state index in [0.29, 0.717) is 0 Å². The maximum absolute atomic E-state index is 14.7. The molecule has 0 aromatic heterocycles. The van der Waals surface area contributed by atoms with E-state index in [1.165, 1.54) is 54.6 Å². The Labute approximate surface area is 196 Å². The summed E-state index contributed by atoms with van der Waals surface area (Å²) in [5.41, 5.74) is -5.90. The number of rotatable bonds is 5. The molecular weight excluding hydrogens is 474 g/mol. The summed E-state index contributed by atoms with van der Waals surface area (Å²) in [6, 6.07) is 13.8. The Morgan fingerprint density at radius 2 is 1.11 bits per heavy atom. The van der Waals surface area contributed by atoms with E-state index < -0.39 is 54.5 Å². The number of alkyl halides is 6. The molecule has 0 aliphatic carbocycles. The fourth-order valence-electron chi connectivity index (χ4n) is 4.67. The van der Waals surface area contributed by atoms with E-state index in [0.717, 1.165) is 18.2 Å². The van der Waals surface area contributed by atoms with Crippen LogP contribution in [0.2, 0.25) is 0 Å². The van der Waals surface area contributed by atoms with Crippen LogP contribution < -0.4 is 0 Å². The number of benzene rings is 3. The third-order valence-corrected chi connectivity index (χ3v) is 6.48. The molecule has 0 fully saturated rings. The number of hydrogen-bond donors (Lipinski definition) is 0. The van der Waals surface area contributed by atoms with Crippen molar-refractivity contribution in [3.05, 3.63) is 106 Å². The zero-order valence-electron chi connectivity index (χ0n) is 18.0. The van der Waals surface area contributed by atoms with Crippen LogP contribution in [-0.2, 0) is 16.3 Å². The number of halogens is 6. The van der Waals surface area contributed by atoms with E-state index in [2.05, 4.69) is 0 Å². The second kappa shape index (κ2) is 8.87. The van der Waals surface area contributed by atoms with Gasteiger partial charge in [0.2, 0.25) is 0 Å². The summed E-state index contributed by atoms with van der Waals surface area (Å²) in [7, 11) is 0. The van der Waals surface area contributed by atoms with Gasteiger partial charge >= 0.3 is 18.1 Å². The SMILES string of the molecule is O=C1OC(=O)c2ccc(cc2)C(c2cccc(C(F)(F)F)c2)(C(CF)(CF)CF)c2ccc1cc2. The molecule has 0 saturated carbocycles. The third kappa shape index (κ3) is 3.79. The van der Waals surface area contributed by atoms with Gasteiger partial charge < -0.3 is 4.74 Å². The minimum atomic E-state index is -4.78. The van der Waals surface area contributed by atoms with Crippen LogP contribution in [0.1, 0.15) is 43.0 Å². The number of carbonyl (C=O) groups is 2. The van der Waals surface area contributed by atoms with Gasteiger partial charge in [-0.25, -0.2) is 9.59 Å². The molecule has 3 aromatic rings. The van der Waals surface area contributed by atoms with Crippen molar-refractivity contribution in [2.75, 3.05) is 20.0 Å². The van der Waals surface area contributed by atoms with Crippen molar-refractivity contribution in [3.8, 4) is 0 Å². The van der Waals surface area contributed by atoms with Crippen LogP contribution in [0.4, 0.5) is 26.3 Å². The van der Waals surface area contributed by atoms with Gasteiger partial charge in [-0.1, -0.05) is 42.5 Å². The molecule has 7 rings (SSSR count). The van der Waals surface area contributed by atoms with Crippen LogP contribution >= 0.6 is 0 Å². The standard InChI is InChI=1S/C26H18F6O3/c27-13-24(14-28,15-29)25(20-2-1-3-21(12-20)26(30,31)32)18-8-4-16(5-9-18)22(33)35-23(34)17-6-10-19(25)11-7-17/h1-12H,13-15H2. The molecule has 182 valence electrons. The summed E-state index contributed by atoms with van der Waals surface area (Å²) in [5.74, 6) is -1.99. The topological polar surface area (TPSA) is 43.4 Å². The summed E-state index contributed by atoms with van der Waals surface area (Å²) in [6.07, 6.45) is -4.78. The first-order valence-electron chi connectivity index (χ1n) is 10.5. The summed E-state index contributed by atoms with van der Waals surface area (Å²) in [6.45, 7) is -4.66. The first kappa shape index (κ1) is 24.5. The molecule has 9 heteroatoms. The maximum atomic E-state index is 14.7. The Kier molecular flexibility index (Phi) is 6.21. The number of carbonyl (C=O) groups excluding carboxylic acids is 2. The molecule has 35 heavy (non-hydrogen) atoms.